The molecular weight excluding hydrogens is 421 g/mol. The van der Waals surface area contributed by atoms with Crippen LogP contribution in [-0.2, 0) is 0 Å². The van der Waals surface area contributed by atoms with Crippen LogP contribution in [0.15, 0.2) is 54.9 Å². The minimum atomic E-state index is -0.352. The maximum absolute atomic E-state index is 14.1. The highest BCUT2D eigenvalue weighted by Gasteiger charge is 2.23. The third-order valence-corrected chi connectivity index (χ3v) is 5.29. The number of hydrogen-bond acceptors (Lipinski definition) is 7. The van der Waals surface area contributed by atoms with E-state index in [1.807, 2.05) is 15.9 Å². The van der Waals surface area contributed by atoms with E-state index in [1.54, 1.807) is 36.4 Å². The molecule has 10 heteroatoms. The van der Waals surface area contributed by atoms with Crippen molar-refractivity contribution in [3.8, 4) is 0 Å². The van der Waals surface area contributed by atoms with Crippen molar-refractivity contribution in [3.63, 3.8) is 0 Å². The van der Waals surface area contributed by atoms with Crippen LogP contribution in [0, 0.1) is 5.82 Å². The van der Waals surface area contributed by atoms with E-state index in [-0.39, 0.29) is 11.7 Å². The van der Waals surface area contributed by atoms with Crippen LogP contribution in [0.5, 0.6) is 0 Å². The van der Waals surface area contributed by atoms with Gasteiger partial charge < -0.3 is 15.5 Å². The molecule has 0 atom stereocenters. The van der Waals surface area contributed by atoms with Gasteiger partial charge in [0.25, 0.3) is 5.91 Å². The molecule has 0 radical (unpaired) electrons. The molecular formula is C21H21ClFN7O. The molecule has 1 fully saturated rings. The Bertz CT molecular complexity index is 1070. The zero-order valence-corrected chi connectivity index (χ0v) is 17.3. The van der Waals surface area contributed by atoms with Crippen molar-refractivity contribution in [3.05, 3.63) is 71.3 Å². The van der Waals surface area contributed by atoms with Crippen molar-refractivity contribution in [1.82, 2.24) is 15.4 Å². The molecule has 1 aliphatic rings. The van der Waals surface area contributed by atoms with Crippen LogP contribution in [-0.4, -0.2) is 42.1 Å². The number of carbonyl (C=O) groups excluding carboxylic acids is 1. The van der Waals surface area contributed by atoms with Crippen molar-refractivity contribution < 1.29 is 9.18 Å². The number of nitrogens with two attached hydrogens (primary N) is 1. The lowest BCUT2D eigenvalue weighted by atomic mass is 10.2. The van der Waals surface area contributed by atoms with Crippen LogP contribution in [0.3, 0.4) is 0 Å². The number of rotatable bonds is 5. The average Bonchev–Trinajstić information content (AvgIpc) is 2.79. The molecule has 1 amide bonds. The van der Waals surface area contributed by atoms with Gasteiger partial charge in [0.05, 0.1) is 5.69 Å². The summed E-state index contributed by atoms with van der Waals surface area (Å²) in [6, 6.07) is 13.2. The zero-order valence-electron chi connectivity index (χ0n) is 16.6. The normalized spacial score (nSPS) is 13.7. The number of piperazine rings is 1. The summed E-state index contributed by atoms with van der Waals surface area (Å²) in [7, 11) is 0. The Morgan fingerprint density at radius 3 is 2.39 bits per heavy atom. The highest BCUT2D eigenvalue weighted by molar-refractivity contribution is 6.30. The standard InChI is InChI=1S/C21H21ClFN7O/c22-15-7-5-14(6-8-15)21(31)28-27-19-18(24)20(26-13-25-19)30-11-9-29(10-12-30)17-4-2-1-3-16(17)23/h1-8,13H,9-12,24H2,(H,28,31)(H,25,26,27). The number of carbonyl (C=O) groups is 1. The summed E-state index contributed by atoms with van der Waals surface area (Å²) in [4.78, 5) is 24.7. The number of aromatic nitrogens is 2. The SMILES string of the molecule is Nc1c(NNC(=O)c2ccc(Cl)cc2)ncnc1N1CCN(c2ccccc2F)CC1. The van der Waals surface area contributed by atoms with Gasteiger partial charge >= 0.3 is 0 Å². The third kappa shape index (κ3) is 4.61. The molecule has 0 spiro atoms. The summed E-state index contributed by atoms with van der Waals surface area (Å²) in [6.45, 7) is 2.49. The predicted octanol–water partition coefficient (Wildman–Crippen LogP) is 2.93. The minimum Gasteiger partial charge on any atom is -0.393 e. The summed E-state index contributed by atoms with van der Waals surface area (Å²) < 4.78 is 14.1. The van der Waals surface area contributed by atoms with Crippen LogP contribution in [0.2, 0.25) is 5.02 Å². The zero-order chi connectivity index (χ0) is 21.8. The van der Waals surface area contributed by atoms with E-state index in [2.05, 4.69) is 20.8 Å². The molecule has 31 heavy (non-hydrogen) atoms. The van der Waals surface area contributed by atoms with Crippen molar-refractivity contribution in [1.29, 1.82) is 0 Å². The molecule has 4 rings (SSSR count). The molecule has 0 aliphatic carbocycles. The molecule has 0 unspecified atom stereocenters. The molecule has 1 saturated heterocycles. The molecule has 0 bridgehead atoms. The number of para-hydroxylation sites is 1. The molecule has 0 saturated carbocycles. The molecule has 1 aliphatic heterocycles. The van der Waals surface area contributed by atoms with Gasteiger partial charge in [-0.2, -0.15) is 0 Å². The fraction of sp³-hybridized carbons (Fsp3) is 0.190. The van der Waals surface area contributed by atoms with Crippen LogP contribution in [0.25, 0.3) is 0 Å². The van der Waals surface area contributed by atoms with Crippen LogP contribution < -0.4 is 26.4 Å². The molecule has 160 valence electrons. The van der Waals surface area contributed by atoms with E-state index in [0.29, 0.717) is 59.8 Å². The summed E-state index contributed by atoms with van der Waals surface area (Å²) in [5.41, 5.74) is 12.9. The number of anilines is 4. The van der Waals surface area contributed by atoms with E-state index in [9.17, 15) is 9.18 Å². The maximum atomic E-state index is 14.1. The quantitative estimate of drug-likeness (QED) is 0.523. The first-order valence-electron chi connectivity index (χ1n) is 9.70. The van der Waals surface area contributed by atoms with Gasteiger partial charge in [0.15, 0.2) is 11.6 Å². The van der Waals surface area contributed by atoms with Crippen molar-refractivity contribution >= 4 is 40.5 Å². The van der Waals surface area contributed by atoms with Crippen LogP contribution in [0.4, 0.5) is 27.4 Å². The molecule has 8 nitrogen and oxygen atoms in total. The molecule has 2 heterocycles. The Morgan fingerprint density at radius 2 is 1.68 bits per heavy atom. The number of hydrogen-bond donors (Lipinski definition) is 3. The van der Waals surface area contributed by atoms with E-state index < -0.39 is 0 Å². The largest absolute Gasteiger partial charge is 0.393 e. The Hall–Kier alpha value is -3.59. The Morgan fingerprint density at radius 1 is 1.00 bits per heavy atom. The number of amides is 1. The predicted molar refractivity (Wildman–Crippen MR) is 120 cm³/mol. The first-order valence-corrected chi connectivity index (χ1v) is 10.1. The number of benzene rings is 2. The number of halogens is 2. The average molecular weight is 442 g/mol. The second kappa shape index (κ2) is 9.05. The van der Waals surface area contributed by atoms with Gasteiger partial charge in [-0.3, -0.25) is 15.6 Å². The Kier molecular flexibility index (Phi) is 6.03. The topological polar surface area (TPSA) is 99.4 Å². The van der Waals surface area contributed by atoms with Gasteiger partial charge in [0.2, 0.25) is 0 Å². The smallest absolute Gasteiger partial charge is 0.269 e. The number of hydrazine groups is 1. The van der Waals surface area contributed by atoms with Crippen molar-refractivity contribution in [2.45, 2.75) is 0 Å². The second-order valence-electron chi connectivity index (χ2n) is 6.97. The summed E-state index contributed by atoms with van der Waals surface area (Å²) >= 11 is 5.85. The summed E-state index contributed by atoms with van der Waals surface area (Å²) in [5, 5.41) is 0.546. The lowest BCUT2D eigenvalue weighted by Gasteiger charge is -2.37. The van der Waals surface area contributed by atoms with Gasteiger partial charge in [-0.15, -0.1) is 0 Å². The molecule has 1 aromatic heterocycles. The number of nitrogens with one attached hydrogen (secondary N) is 2. The van der Waals surface area contributed by atoms with Gasteiger partial charge in [0, 0.05) is 36.8 Å². The Balaban J connectivity index is 1.40. The van der Waals surface area contributed by atoms with Gasteiger partial charge in [0.1, 0.15) is 17.8 Å². The van der Waals surface area contributed by atoms with E-state index in [0.717, 1.165) is 0 Å². The third-order valence-electron chi connectivity index (χ3n) is 5.04. The maximum Gasteiger partial charge on any atom is 0.269 e. The minimum absolute atomic E-state index is 0.236. The molecule has 4 N–H and O–H groups in total. The first kappa shape index (κ1) is 20.7. The fourth-order valence-corrected chi connectivity index (χ4v) is 3.52. The monoisotopic (exact) mass is 441 g/mol. The fourth-order valence-electron chi connectivity index (χ4n) is 3.39. The second-order valence-corrected chi connectivity index (χ2v) is 7.41. The lowest BCUT2D eigenvalue weighted by molar-refractivity contribution is 0.0962. The molecule has 2 aromatic carbocycles. The van der Waals surface area contributed by atoms with Gasteiger partial charge in [-0.05, 0) is 36.4 Å². The van der Waals surface area contributed by atoms with Crippen LogP contribution in [0.1, 0.15) is 10.4 Å². The van der Waals surface area contributed by atoms with Crippen molar-refractivity contribution in [2.24, 2.45) is 0 Å². The van der Waals surface area contributed by atoms with E-state index in [4.69, 9.17) is 17.3 Å². The number of nitrogens with zero attached hydrogens (tertiary/aromatic N) is 4. The molecule has 3 aromatic rings. The van der Waals surface area contributed by atoms with Gasteiger partial charge in [-0.1, -0.05) is 23.7 Å². The highest BCUT2D eigenvalue weighted by atomic mass is 35.5. The Labute approximate surface area is 183 Å². The first-order chi connectivity index (χ1) is 15.0. The summed E-state index contributed by atoms with van der Waals surface area (Å²) in [5.74, 6) is 0.269. The van der Waals surface area contributed by atoms with E-state index in [1.165, 1.54) is 12.4 Å². The van der Waals surface area contributed by atoms with Gasteiger partial charge in [-0.25, -0.2) is 14.4 Å². The van der Waals surface area contributed by atoms with E-state index >= 15 is 0 Å². The van der Waals surface area contributed by atoms with Crippen LogP contribution >= 0.6 is 11.6 Å². The lowest BCUT2D eigenvalue weighted by Crippen LogP contribution is -2.47. The number of nitrogen functional groups attached to an aromatic ring is 1. The summed E-state index contributed by atoms with van der Waals surface area (Å²) in [6.07, 6.45) is 1.38. The van der Waals surface area contributed by atoms with Crippen molar-refractivity contribution in [2.75, 3.05) is 47.1 Å². The highest BCUT2D eigenvalue weighted by Crippen LogP contribution is 2.28.